The number of hydrogen-bond donors (Lipinski definition) is 2. The summed E-state index contributed by atoms with van der Waals surface area (Å²) in [6, 6.07) is 4.56. The minimum Gasteiger partial charge on any atom is -0.366 e. The van der Waals surface area contributed by atoms with Gasteiger partial charge < -0.3 is 10.2 Å². The van der Waals surface area contributed by atoms with Crippen molar-refractivity contribution in [3.8, 4) is 0 Å². The first-order valence-corrected chi connectivity index (χ1v) is 6.07. The molecule has 1 aliphatic heterocycles. The monoisotopic (exact) mass is 231 g/mol. The van der Waals surface area contributed by atoms with Crippen LogP contribution in [0, 0.1) is 0 Å². The van der Waals surface area contributed by atoms with Gasteiger partial charge in [-0.15, -0.1) is 0 Å². The smallest absolute Gasteiger partial charge is 0.182 e. The zero-order chi connectivity index (χ0) is 11.7. The molecule has 0 saturated carbocycles. The quantitative estimate of drug-likeness (QED) is 0.821. The van der Waals surface area contributed by atoms with Crippen LogP contribution in [-0.4, -0.2) is 46.3 Å². The molecule has 2 aromatic rings. The van der Waals surface area contributed by atoms with Crippen molar-refractivity contribution in [3.05, 3.63) is 18.3 Å². The number of pyridine rings is 1. The summed E-state index contributed by atoms with van der Waals surface area (Å²) in [4.78, 5) is 6.84. The fourth-order valence-electron chi connectivity index (χ4n) is 2.40. The Morgan fingerprint density at radius 2 is 2.41 bits per heavy atom. The lowest BCUT2D eigenvalue weighted by molar-refractivity contribution is 0.261. The van der Waals surface area contributed by atoms with E-state index >= 15 is 0 Å². The van der Waals surface area contributed by atoms with Crippen LogP contribution in [0.2, 0.25) is 0 Å². The van der Waals surface area contributed by atoms with E-state index in [1.165, 1.54) is 19.4 Å². The lowest BCUT2D eigenvalue weighted by Crippen LogP contribution is -2.39. The average Bonchev–Trinajstić information content (AvgIpc) is 2.76. The van der Waals surface area contributed by atoms with Crippen LogP contribution in [0.25, 0.3) is 11.0 Å². The number of nitrogens with zero attached hydrogens (tertiary/aromatic N) is 3. The van der Waals surface area contributed by atoms with Gasteiger partial charge in [0.1, 0.15) is 5.82 Å². The standard InChI is InChI=1S/C12H17N5/c1-17-6-2-3-10(8-17)14-11-5-4-9-7-13-16-12(9)15-11/h4-5,7,10H,2-3,6,8H2,1H3,(H2,13,14,15,16)/t10-/m1/s1. The minimum atomic E-state index is 0.498. The van der Waals surface area contributed by atoms with Gasteiger partial charge in [-0.05, 0) is 38.6 Å². The molecule has 1 atom stereocenters. The van der Waals surface area contributed by atoms with Gasteiger partial charge in [-0.2, -0.15) is 5.10 Å². The molecule has 5 heteroatoms. The van der Waals surface area contributed by atoms with Gasteiger partial charge in [0.05, 0.1) is 0 Å². The molecule has 90 valence electrons. The van der Waals surface area contributed by atoms with Gasteiger partial charge in [-0.3, -0.25) is 5.10 Å². The molecular weight excluding hydrogens is 214 g/mol. The third-order valence-corrected chi connectivity index (χ3v) is 3.27. The van der Waals surface area contributed by atoms with Crippen LogP contribution in [0.5, 0.6) is 0 Å². The summed E-state index contributed by atoms with van der Waals surface area (Å²) in [6.07, 6.45) is 4.32. The molecule has 1 aliphatic rings. The molecule has 0 unspecified atom stereocenters. The molecule has 1 fully saturated rings. The molecule has 2 N–H and O–H groups in total. The van der Waals surface area contributed by atoms with E-state index in [0.29, 0.717) is 6.04 Å². The zero-order valence-corrected chi connectivity index (χ0v) is 9.98. The third-order valence-electron chi connectivity index (χ3n) is 3.27. The summed E-state index contributed by atoms with van der Waals surface area (Å²) in [5.74, 6) is 0.921. The van der Waals surface area contributed by atoms with Crippen LogP contribution in [0.1, 0.15) is 12.8 Å². The van der Waals surface area contributed by atoms with Crippen LogP contribution in [0.4, 0.5) is 5.82 Å². The average molecular weight is 231 g/mol. The second kappa shape index (κ2) is 4.33. The summed E-state index contributed by atoms with van der Waals surface area (Å²) >= 11 is 0. The predicted octanol–water partition coefficient (Wildman–Crippen LogP) is 1.46. The summed E-state index contributed by atoms with van der Waals surface area (Å²) < 4.78 is 0. The Balaban J connectivity index is 1.75. The third kappa shape index (κ3) is 2.24. The Morgan fingerprint density at radius 1 is 1.47 bits per heavy atom. The highest BCUT2D eigenvalue weighted by atomic mass is 15.2. The van der Waals surface area contributed by atoms with Crippen molar-refractivity contribution in [1.82, 2.24) is 20.1 Å². The number of anilines is 1. The molecule has 3 heterocycles. The van der Waals surface area contributed by atoms with Gasteiger partial charge in [0.25, 0.3) is 0 Å². The highest BCUT2D eigenvalue weighted by molar-refractivity contribution is 5.75. The van der Waals surface area contributed by atoms with E-state index in [9.17, 15) is 0 Å². The second-order valence-electron chi connectivity index (χ2n) is 4.74. The van der Waals surface area contributed by atoms with Crippen LogP contribution in [0.15, 0.2) is 18.3 Å². The lowest BCUT2D eigenvalue weighted by atomic mass is 10.1. The summed E-state index contributed by atoms with van der Waals surface area (Å²) in [6.45, 7) is 2.28. The molecule has 1 saturated heterocycles. The number of aromatic nitrogens is 3. The van der Waals surface area contributed by atoms with Gasteiger partial charge in [-0.1, -0.05) is 0 Å². The van der Waals surface area contributed by atoms with Crippen LogP contribution < -0.4 is 5.32 Å². The molecule has 0 radical (unpaired) electrons. The molecule has 0 bridgehead atoms. The Labute approximate surface area is 100 Å². The van der Waals surface area contributed by atoms with E-state index in [-0.39, 0.29) is 0 Å². The number of hydrogen-bond acceptors (Lipinski definition) is 4. The molecule has 0 aromatic carbocycles. The van der Waals surface area contributed by atoms with E-state index in [4.69, 9.17) is 0 Å². The Hall–Kier alpha value is -1.62. The number of rotatable bonds is 2. The maximum Gasteiger partial charge on any atom is 0.182 e. The molecule has 17 heavy (non-hydrogen) atoms. The second-order valence-corrected chi connectivity index (χ2v) is 4.74. The maximum absolute atomic E-state index is 4.48. The van der Waals surface area contributed by atoms with Crippen molar-refractivity contribution in [2.75, 3.05) is 25.5 Å². The first-order chi connectivity index (χ1) is 8.31. The van der Waals surface area contributed by atoms with Crippen molar-refractivity contribution >= 4 is 16.9 Å². The molecular formula is C12H17N5. The number of likely N-dealkylation sites (N-methyl/N-ethyl adjacent to an activating group) is 1. The Kier molecular flexibility index (Phi) is 2.68. The number of likely N-dealkylation sites (tertiary alicyclic amines) is 1. The maximum atomic E-state index is 4.48. The molecule has 5 nitrogen and oxygen atoms in total. The predicted molar refractivity (Wildman–Crippen MR) is 68.0 cm³/mol. The SMILES string of the molecule is CN1CCC[C@@H](Nc2ccc3c[nH]nc3n2)C1. The van der Waals surface area contributed by atoms with Gasteiger partial charge in [0, 0.05) is 24.2 Å². The van der Waals surface area contributed by atoms with Gasteiger partial charge >= 0.3 is 0 Å². The first kappa shape index (κ1) is 10.5. The van der Waals surface area contributed by atoms with E-state index < -0.39 is 0 Å². The number of fused-ring (bicyclic) bond motifs is 1. The number of piperidine rings is 1. The number of aromatic amines is 1. The fourth-order valence-corrected chi connectivity index (χ4v) is 2.40. The van der Waals surface area contributed by atoms with E-state index in [2.05, 4.69) is 32.4 Å². The molecule has 2 aromatic heterocycles. The van der Waals surface area contributed by atoms with Gasteiger partial charge in [0.2, 0.25) is 0 Å². The van der Waals surface area contributed by atoms with Gasteiger partial charge in [-0.25, -0.2) is 4.98 Å². The zero-order valence-electron chi connectivity index (χ0n) is 9.98. The number of nitrogens with one attached hydrogen (secondary N) is 2. The van der Waals surface area contributed by atoms with Crippen LogP contribution in [0.3, 0.4) is 0 Å². The van der Waals surface area contributed by atoms with E-state index in [1.54, 1.807) is 0 Å². The van der Waals surface area contributed by atoms with Crippen molar-refractivity contribution in [1.29, 1.82) is 0 Å². The largest absolute Gasteiger partial charge is 0.366 e. The summed E-state index contributed by atoms with van der Waals surface area (Å²) in [5, 5.41) is 11.5. The fraction of sp³-hybridized carbons (Fsp3) is 0.500. The van der Waals surface area contributed by atoms with Crippen molar-refractivity contribution in [2.45, 2.75) is 18.9 Å². The Morgan fingerprint density at radius 3 is 3.29 bits per heavy atom. The highest BCUT2D eigenvalue weighted by Gasteiger charge is 2.17. The number of H-pyrrole nitrogens is 1. The normalized spacial score (nSPS) is 21.8. The molecule has 0 amide bonds. The molecule has 0 aliphatic carbocycles. The van der Waals surface area contributed by atoms with E-state index in [0.717, 1.165) is 23.4 Å². The van der Waals surface area contributed by atoms with Crippen LogP contribution in [-0.2, 0) is 0 Å². The van der Waals surface area contributed by atoms with Crippen molar-refractivity contribution in [3.63, 3.8) is 0 Å². The molecule has 3 rings (SSSR count). The minimum absolute atomic E-state index is 0.498. The van der Waals surface area contributed by atoms with Gasteiger partial charge in [0.15, 0.2) is 5.65 Å². The highest BCUT2D eigenvalue weighted by Crippen LogP contribution is 2.16. The van der Waals surface area contributed by atoms with Crippen LogP contribution >= 0.6 is 0 Å². The summed E-state index contributed by atoms with van der Waals surface area (Å²) in [7, 11) is 2.16. The molecule has 0 spiro atoms. The van der Waals surface area contributed by atoms with Crippen molar-refractivity contribution < 1.29 is 0 Å². The Bertz CT molecular complexity index is 506. The first-order valence-electron chi connectivity index (χ1n) is 6.07. The topological polar surface area (TPSA) is 56.8 Å². The van der Waals surface area contributed by atoms with Crippen molar-refractivity contribution in [2.24, 2.45) is 0 Å². The lowest BCUT2D eigenvalue weighted by Gasteiger charge is -2.30. The summed E-state index contributed by atoms with van der Waals surface area (Å²) in [5.41, 5.74) is 0.777. The van der Waals surface area contributed by atoms with E-state index in [1.807, 2.05) is 18.3 Å².